The van der Waals surface area contributed by atoms with Crippen molar-refractivity contribution < 1.29 is 0 Å². The number of hydrogen-bond acceptors (Lipinski definition) is 2. The van der Waals surface area contributed by atoms with Crippen LogP contribution in [-0.2, 0) is 0 Å². The lowest BCUT2D eigenvalue weighted by atomic mass is 10.1. The molecule has 0 spiro atoms. The van der Waals surface area contributed by atoms with Crippen molar-refractivity contribution in [2.24, 2.45) is 4.99 Å². The molecule has 0 atom stereocenters. The molecule has 0 saturated carbocycles. The van der Waals surface area contributed by atoms with Crippen LogP contribution in [0.25, 0.3) is 0 Å². The molecule has 1 aromatic carbocycles. The van der Waals surface area contributed by atoms with Crippen LogP contribution in [0.3, 0.4) is 0 Å². The molecule has 0 aliphatic heterocycles. The van der Waals surface area contributed by atoms with Crippen molar-refractivity contribution in [2.75, 3.05) is 14.1 Å². The van der Waals surface area contributed by atoms with Crippen LogP contribution in [0.2, 0.25) is 5.02 Å². The van der Waals surface area contributed by atoms with Crippen molar-refractivity contribution >= 4 is 23.6 Å². The maximum atomic E-state index is 8.93. The zero-order valence-corrected chi connectivity index (χ0v) is 9.71. The monoisotopic (exact) mass is 221 g/mol. The van der Waals surface area contributed by atoms with Gasteiger partial charge in [0.25, 0.3) is 0 Å². The van der Waals surface area contributed by atoms with E-state index in [1.54, 1.807) is 17.3 Å². The minimum atomic E-state index is 0.417. The maximum absolute atomic E-state index is 8.93. The van der Waals surface area contributed by atoms with Gasteiger partial charge in [-0.2, -0.15) is 5.26 Å². The topological polar surface area (TPSA) is 39.4 Å². The molecule has 0 radical (unpaired) electrons. The number of aryl methyl sites for hydroxylation is 1. The summed E-state index contributed by atoms with van der Waals surface area (Å²) in [6.07, 6.45) is 1.64. The Labute approximate surface area is 94.6 Å². The lowest BCUT2D eigenvalue weighted by Crippen LogP contribution is -2.07. The molecule has 0 aliphatic rings. The van der Waals surface area contributed by atoms with Crippen molar-refractivity contribution in [3.63, 3.8) is 0 Å². The standard InChI is InChI=1S/C11H12ClN3/c1-8-4-10(12)9(6-13)11(5-8)14-7-15(2)3/h4-5,7H,1-3H3/b14-7+. The second kappa shape index (κ2) is 4.81. The molecule has 0 fully saturated rings. The van der Waals surface area contributed by atoms with E-state index in [2.05, 4.69) is 11.1 Å². The highest BCUT2D eigenvalue weighted by Crippen LogP contribution is 2.27. The van der Waals surface area contributed by atoms with Crippen molar-refractivity contribution in [1.29, 1.82) is 5.26 Å². The third kappa shape index (κ3) is 2.97. The molecule has 0 amide bonds. The average molecular weight is 222 g/mol. The number of aliphatic imine (C=N–C) groups is 1. The summed E-state index contributed by atoms with van der Waals surface area (Å²) in [5, 5.41) is 9.38. The second-order valence-corrected chi connectivity index (χ2v) is 3.87. The lowest BCUT2D eigenvalue weighted by molar-refractivity contribution is 0.643. The van der Waals surface area contributed by atoms with Gasteiger partial charge in [0.05, 0.1) is 22.6 Å². The van der Waals surface area contributed by atoms with Crippen LogP contribution in [0.5, 0.6) is 0 Å². The van der Waals surface area contributed by atoms with Crippen LogP contribution in [0.1, 0.15) is 11.1 Å². The molecule has 0 unspecified atom stereocenters. The van der Waals surface area contributed by atoms with Crippen LogP contribution in [-0.4, -0.2) is 25.3 Å². The number of rotatable bonds is 2. The molecule has 1 rings (SSSR count). The van der Waals surface area contributed by atoms with Crippen LogP contribution >= 0.6 is 11.6 Å². The minimum Gasteiger partial charge on any atom is -0.369 e. The van der Waals surface area contributed by atoms with Gasteiger partial charge in [0, 0.05) is 14.1 Å². The third-order valence-corrected chi connectivity index (χ3v) is 2.05. The Kier molecular flexibility index (Phi) is 3.70. The molecule has 15 heavy (non-hydrogen) atoms. The molecule has 0 bridgehead atoms. The van der Waals surface area contributed by atoms with Gasteiger partial charge in [0.1, 0.15) is 6.07 Å². The summed E-state index contributed by atoms with van der Waals surface area (Å²) >= 11 is 5.94. The Morgan fingerprint density at radius 1 is 1.47 bits per heavy atom. The predicted molar refractivity (Wildman–Crippen MR) is 62.7 cm³/mol. The van der Waals surface area contributed by atoms with Gasteiger partial charge in [-0.05, 0) is 24.6 Å². The average Bonchev–Trinajstić information content (AvgIpc) is 2.13. The smallest absolute Gasteiger partial charge is 0.103 e. The molecule has 0 aromatic heterocycles. The predicted octanol–water partition coefficient (Wildman–Crippen LogP) is 2.74. The normalized spacial score (nSPS) is 10.3. The Morgan fingerprint density at radius 3 is 2.67 bits per heavy atom. The van der Waals surface area contributed by atoms with Gasteiger partial charge in [-0.15, -0.1) is 0 Å². The molecule has 78 valence electrons. The molecule has 4 heteroatoms. The lowest BCUT2D eigenvalue weighted by Gasteiger charge is -2.05. The molecule has 3 nitrogen and oxygen atoms in total. The van der Waals surface area contributed by atoms with Gasteiger partial charge in [-0.1, -0.05) is 11.6 Å². The van der Waals surface area contributed by atoms with E-state index in [0.29, 0.717) is 16.3 Å². The molecular formula is C11H12ClN3. The molecule has 0 N–H and O–H groups in total. The Balaban J connectivity index is 3.22. The first kappa shape index (κ1) is 11.5. The summed E-state index contributed by atoms with van der Waals surface area (Å²) in [6.45, 7) is 1.92. The first-order chi connectivity index (χ1) is 7.04. The number of nitriles is 1. The Hall–Kier alpha value is -1.53. The van der Waals surface area contributed by atoms with Crippen molar-refractivity contribution in [1.82, 2.24) is 4.90 Å². The van der Waals surface area contributed by atoms with E-state index >= 15 is 0 Å². The van der Waals surface area contributed by atoms with E-state index in [1.807, 2.05) is 27.1 Å². The van der Waals surface area contributed by atoms with Gasteiger partial charge in [-0.25, -0.2) is 4.99 Å². The van der Waals surface area contributed by atoms with Gasteiger partial charge in [0.15, 0.2) is 0 Å². The highest BCUT2D eigenvalue weighted by molar-refractivity contribution is 6.32. The molecule has 0 aliphatic carbocycles. The summed E-state index contributed by atoms with van der Waals surface area (Å²) in [5.74, 6) is 0. The Bertz CT molecular complexity index is 430. The van der Waals surface area contributed by atoms with Crippen LogP contribution in [0.4, 0.5) is 5.69 Å². The summed E-state index contributed by atoms with van der Waals surface area (Å²) < 4.78 is 0. The van der Waals surface area contributed by atoms with Gasteiger partial charge >= 0.3 is 0 Å². The zero-order valence-electron chi connectivity index (χ0n) is 8.95. The largest absolute Gasteiger partial charge is 0.369 e. The Morgan fingerprint density at radius 2 is 2.13 bits per heavy atom. The van der Waals surface area contributed by atoms with E-state index in [0.717, 1.165) is 5.56 Å². The summed E-state index contributed by atoms with van der Waals surface area (Å²) in [7, 11) is 3.74. The number of nitrogens with zero attached hydrogens (tertiary/aromatic N) is 3. The van der Waals surface area contributed by atoms with Crippen LogP contribution < -0.4 is 0 Å². The first-order valence-electron chi connectivity index (χ1n) is 4.45. The SMILES string of the molecule is Cc1cc(Cl)c(C#N)c(/N=C/N(C)C)c1. The summed E-state index contributed by atoms with van der Waals surface area (Å²) in [6, 6.07) is 5.65. The van der Waals surface area contributed by atoms with Crippen molar-refractivity contribution in [3.8, 4) is 6.07 Å². The van der Waals surface area contributed by atoms with Gasteiger partial charge in [-0.3, -0.25) is 0 Å². The van der Waals surface area contributed by atoms with E-state index in [1.165, 1.54) is 0 Å². The number of benzene rings is 1. The summed E-state index contributed by atoms with van der Waals surface area (Å²) in [4.78, 5) is 6.00. The summed E-state index contributed by atoms with van der Waals surface area (Å²) in [5.41, 5.74) is 2.02. The van der Waals surface area contributed by atoms with E-state index in [9.17, 15) is 0 Å². The zero-order chi connectivity index (χ0) is 11.4. The number of hydrogen-bond donors (Lipinski definition) is 0. The molecule has 1 aromatic rings. The third-order valence-electron chi connectivity index (χ3n) is 1.75. The first-order valence-corrected chi connectivity index (χ1v) is 4.83. The molecular weight excluding hydrogens is 210 g/mol. The van der Waals surface area contributed by atoms with Crippen molar-refractivity contribution in [2.45, 2.75) is 6.92 Å². The highest BCUT2D eigenvalue weighted by Gasteiger charge is 2.06. The van der Waals surface area contributed by atoms with Crippen molar-refractivity contribution in [3.05, 3.63) is 28.3 Å². The number of halogens is 1. The highest BCUT2D eigenvalue weighted by atomic mass is 35.5. The van der Waals surface area contributed by atoms with Gasteiger partial charge < -0.3 is 4.90 Å². The molecule has 0 saturated heterocycles. The molecule has 0 heterocycles. The van der Waals surface area contributed by atoms with E-state index < -0.39 is 0 Å². The second-order valence-electron chi connectivity index (χ2n) is 3.46. The quantitative estimate of drug-likeness (QED) is 0.569. The fourth-order valence-corrected chi connectivity index (χ4v) is 1.43. The fraction of sp³-hybridized carbons (Fsp3) is 0.273. The van der Waals surface area contributed by atoms with E-state index in [-0.39, 0.29) is 0 Å². The minimum absolute atomic E-state index is 0.417. The van der Waals surface area contributed by atoms with Crippen LogP contribution in [0.15, 0.2) is 17.1 Å². The van der Waals surface area contributed by atoms with Gasteiger partial charge in [0.2, 0.25) is 0 Å². The van der Waals surface area contributed by atoms with E-state index in [4.69, 9.17) is 16.9 Å². The maximum Gasteiger partial charge on any atom is 0.103 e. The van der Waals surface area contributed by atoms with Crippen LogP contribution in [0, 0.1) is 18.3 Å². The fourth-order valence-electron chi connectivity index (χ4n) is 1.11.